The van der Waals surface area contributed by atoms with Crippen LogP contribution >= 0.6 is 0 Å². The van der Waals surface area contributed by atoms with Crippen molar-refractivity contribution in [2.75, 3.05) is 16.8 Å². The van der Waals surface area contributed by atoms with Crippen molar-refractivity contribution in [2.24, 2.45) is 0 Å². The Kier molecular flexibility index (Phi) is 2.59. The van der Waals surface area contributed by atoms with Crippen LogP contribution in [0.4, 0.5) is 23.3 Å². The largest absolute Gasteiger partial charge is 0.383 e. The molecule has 1 aromatic carbocycles. The minimum absolute atomic E-state index is 0.349. The van der Waals surface area contributed by atoms with Gasteiger partial charge in [0.25, 0.3) is 0 Å². The van der Waals surface area contributed by atoms with Gasteiger partial charge in [0.15, 0.2) is 0 Å². The van der Waals surface area contributed by atoms with Crippen LogP contribution in [0.15, 0.2) is 30.3 Å². The van der Waals surface area contributed by atoms with E-state index in [-0.39, 0.29) is 0 Å². The summed E-state index contributed by atoms with van der Waals surface area (Å²) in [6.45, 7) is 2.03. The van der Waals surface area contributed by atoms with Gasteiger partial charge in [0.1, 0.15) is 11.6 Å². The lowest BCUT2D eigenvalue weighted by Gasteiger charge is -2.06. The molecule has 2 rings (SSSR count). The Labute approximate surface area is 93.5 Å². The van der Waals surface area contributed by atoms with Gasteiger partial charge in [0.05, 0.1) is 0 Å². The monoisotopic (exact) mass is 215 g/mol. The summed E-state index contributed by atoms with van der Waals surface area (Å²) in [5.74, 6) is 1.10. The van der Waals surface area contributed by atoms with Gasteiger partial charge < -0.3 is 16.8 Å². The average Bonchev–Trinajstić information content (AvgIpc) is 2.20. The van der Waals surface area contributed by atoms with E-state index >= 15 is 0 Å². The number of hydrogen-bond donors (Lipinski definition) is 3. The van der Waals surface area contributed by atoms with E-state index in [1.165, 1.54) is 11.6 Å². The van der Waals surface area contributed by atoms with Gasteiger partial charge in [-0.1, -0.05) is 17.7 Å². The second kappa shape index (κ2) is 4.06. The number of anilines is 4. The van der Waals surface area contributed by atoms with Crippen LogP contribution in [0.5, 0.6) is 0 Å². The molecule has 0 aliphatic heterocycles. The highest BCUT2D eigenvalue weighted by molar-refractivity contribution is 5.57. The molecule has 5 heteroatoms. The summed E-state index contributed by atoms with van der Waals surface area (Å²) in [5.41, 5.74) is 13.2. The molecule has 0 radical (unpaired) electrons. The van der Waals surface area contributed by atoms with Gasteiger partial charge in [-0.3, -0.25) is 0 Å². The molecule has 0 fully saturated rings. The number of nitrogens with one attached hydrogen (secondary N) is 1. The molecule has 0 saturated carbocycles. The van der Waals surface area contributed by atoms with E-state index in [1.807, 2.05) is 31.2 Å². The number of nitrogen functional groups attached to an aromatic ring is 2. The van der Waals surface area contributed by atoms with Gasteiger partial charge in [0, 0.05) is 11.8 Å². The fourth-order valence-corrected chi connectivity index (χ4v) is 1.31. The molecular weight excluding hydrogens is 202 g/mol. The Morgan fingerprint density at radius 1 is 1.00 bits per heavy atom. The summed E-state index contributed by atoms with van der Waals surface area (Å²) >= 11 is 0. The molecular formula is C11H13N5. The first-order valence-corrected chi connectivity index (χ1v) is 4.87. The molecule has 2 aromatic rings. The van der Waals surface area contributed by atoms with E-state index in [2.05, 4.69) is 15.3 Å². The van der Waals surface area contributed by atoms with Crippen LogP contribution in [0, 0.1) is 6.92 Å². The summed E-state index contributed by atoms with van der Waals surface area (Å²) in [6, 6.07) is 9.40. The maximum Gasteiger partial charge on any atom is 0.231 e. The molecule has 82 valence electrons. The summed E-state index contributed by atoms with van der Waals surface area (Å²) in [6.07, 6.45) is 0. The Morgan fingerprint density at radius 2 is 1.56 bits per heavy atom. The lowest BCUT2D eigenvalue weighted by Crippen LogP contribution is -2.03. The van der Waals surface area contributed by atoms with Gasteiger partial charge in [-0.15, -0.1) is 0 Å². The fraction of sp³-hybridized carbons (Fsp3) is 0.0909. The first-order valence-electron chi connectivity index (χ1n) is 4.87. The normalized spacial score (nSPS) is 10.1. The number of benzene rings is 1. The van der Waals surface area contributed by atoms with Crippen LogP contribution in [-0.2, 0) is 0 Å². The van der Waals surface area contributed by atoms with Crippen LogP contribution in [0.1, 0.15) is 5.56 Å². The number of hydrogen-bond acceptors (Lipinski definition) is 5. The highest BCUT2D eigenvalue weighted by atomic mass is 15.1. The highest BCUT2D eigenvalue weighted by Crippen LogP contribution is 2.15. The predicted molar refractivity (Wildman–Crippen MR) is 65.3 cm³/mol. The number of rotatable bonds is 2. The smallest absolute Gasteiger partial charge is 0.231 e. The second-order valence-corrected chi connectivity index (χ2v) is 3.53. The molecule has 0 saturated heterocycles. The minimum atomic E-state index is 0.349. The Hall–Kier alpha value is -2.30. The topological polar surface area (TPSA) is 89.8 Å². The maximum absolute atomic E-state index is 5.57. The number of aryl methyl sites for hydroxylation is 1. The van der Waals surface area contributed by atoms with Crippen LogP contribution in [0.25, 0.3) is 0 Å². The van der Waals surface area contributed by atoms with E-state index in [0.717, 1.165) is 5.69 Å². The molecule has 0 atom stereocenters. The predicted octanol–water partition coefficient (Wildman–Crippen LogP) is 1.69. The molecule has 1 heterocycles. The van der Waals surface area contributed by atoms with Crippen molar-refractivity contribution in [2.45, 2.75) is 6.92 Å². The molecule has 0 aliphatic rings. The zero-order chi connectivity index (χ0) is 11.5. The quantitative estimate of drug-likeness (QED) is 0.709. The lowest BCUT2D eigenvalue weighted by atomic mass is 10.2. The van der Waals surface area contributed by atoms with Gasteiger partial charge in [0.2, 0.25) is 5.95 Å². The highest BCUT2D eigenvalue weighted by Gasteiger charge is 2.00. The molecule has 16 heavy (non-hydrogen) atoms. The summed E-state index contributed by atoms with van der Waals surface area (Å²) in [7, 11) is 0. The third-order valence-corrected chi connectivity index (χ3v) is 2.07. The Bertz CT molecular complexity index is 472. The zero-order valence-electron chi connectivity index (χ0n) is 8.94. The SMILES string of the molecule is Cc1ccc(Nc2nc(N)cc(N)n2)cc1. The van der Waals surface area contributed by atoms with Crippen molar-refractivity contribution in [3.8, 4) is 0 Å². The first-order chi connectivity index (χ1) is 7.63. The van der Waals surface area contributed by atoms with E-state index in [9.17, 15) is 0 Å². The fourth-order valence-electron chi connectivity index (χ4n) is 1.31. The van der Waals surface area contributed by atoms with Crippen LogP contribution < -0.4 is 16.8 Å². The van der Waals surface area contributed by atoms with E-state index in [0.29, 0.717) is 17.6 Å². The Balaban J connectivity index is 2.23. The standard InChI is InChI=1S/C11H13N5/c1-7-2-4-8(5-3-7)14-11-15-9(12)6-10(13)16-11/h2-6H,1H3,(H5,12,13,14,15,16). The molecule has 5 N–H and O–H groups in total. The molecule has 5 nitrogen and oxygen atoms in total. The third-order valence-electron chi connectivity index (χ3n) is 2.07. The molecule has 0 amide bonds. The maximum atomic E-state index is 5.57. The summed E-state index contributed by atoms with van der Waals surface area (Å²) in [5, 5.41) is 3.03. The summed E-state index contributed by atoms with van der Waals surface area (Å²) in [4.78, 5) is 8.05. The van der Waals surface area contributed by atoms with Gasteiger partial charge in [-0.2, -0.15) is 9.97 Å². The molecule has 0 unspecified atom stereocenters. The number of nitrogens with zero attached hydrogens (tertiary/aromatic N) is 2. The summed E-state index contributed by atoms with van der Waals surface area (Å²) < 4.78 is 0. The van der Waals surface area contributed by atoms with Gasteiger partial charge in [-0.05, 0) is 19.1 Å². The first kappa shape index (κ1) is 10.2. The van der Waals surface area contributed by atoms with Crippen LogP contribution in [0.2, 0.25) is 0 Å². The van der Waals surface area contributed by atoms with Crippen molar-refractivity contribution < 1.29 is 0 Å². The molecule has 0 spiro atoms. The number of aromatic nitrogens is 2. The molecule has 1 aromatic heterocycles. The zero-order valence-corrected chi connectivity index (χ0v) is 8.94. The van der Waals surface area contributed by atoms with E-state index in [4.69, 9.17) is 11.5 Å². The van der Waals surface area contributed by atoms with Gasteiger partial charge >= 0.3 is 0 Å². The van der Waals surface area contributed by atoms with E-state index in [1.54, 1.807) is 0 Å². The minimum Gasteiger partial charge on any atom is -0.383 e. The van der Waals surface area contributed by atoms with Crippen molar-refractivity contribution >= 4 is 23.3 Å². The van der Waals surface area contributed by atoms with Crippen LogP contribution in [-0.4, -0.2) is 9.97 Å². The van der Waals surface area contributed by atoms with Crippen molar-refractivity contribution in [1.82, 2.24) is 9.97 Å². The van der Waals surface area contributed by atoms with E-state index < -0.39 is 0 Å². The van der Waals surface area contributed by atoms with Crippen molar-refractivity contribution in [3.05, 3.63) is 35.9 Å². The lowest BCUT2D eigenvalue weighted by molar-refractivity contribution is 1.18. The van der Waals surface area contributed by atoms with Crippen molar-refractivity contribution in [3.63, 3.8) is 0 Å². The third kappa shape index (κ3) is 2.38. The van der Waals surface area contributed by atoms with Crippen LogP contribution in [0.3, 0.4) is 0 Å². The molecule has 0 bridgehead atoms. The Morgan fingerprint density at radius 3 is 2.12 bits per heavy atom. The van der Waals surface area contributed by atoms with Crippen molar-refractivity contribution in [1.29, 1.82) is 0 Å². The molecule has 0 aliphatic carbocycles. The number of nitrogens with two attached hydrogens (primary N) is 2. The second-order valence-electron chi connectivity index (χ2n) is 3.53. The van der Waals surface area contributed by atoms with Gasteiger partial charge in [-0.25, -0.2) is 0 Å². The average molecular weight is 215 g/mol.